The van der Waals surface area contributed by atoms with E-state index >= 15 is 0 Å². The van der Waals surface area contributed by atoms with Gasteiger partial charge in [-0.25, -0.2) is 0 Å². The van der Waals surface area contributed by atoms with Gasteiger partial charge in [-0.15, -0.1) is 0 Å². The lowest BCUT2D eigenvalue weighted by Crippen LogP contribution is -2.35. The van der Waals surface area contributed by atoms with Crippen LogP contribution in [0.5, 0.6) is 5.75 Å². The summed E-state index contributed by atoms with van der Waals surface area (Å²) >= 11 is 3.42. The Morgan fingerprint density at radius 3 is 2.26 bits per heavy atom. The summed E-state index contributed by atoms with van der Waals surface area (Å²) in [5.74, 6) is -0.792. The topological polar surface area (TPSA) is 70.1 Å². The molecule has 0 radical (unpaired) electrons. The zero-order valence-corrected chi connectivity index (χ0v) is 19.7. The summed E-state index contributed by atoms with van der Waals surface area (Å²) in [6.45, 7) is 4.83. The lowest BCUT2D eigenvalue weighted by Gasteiger charge is -2.26. The van der Waals surface area contributed by atoms with Crippen LogP contribution in [0.25, 0.3) is 5.76 Å². The van der Waals surface area contributed by atoms with Crippen LogP contribution in [0.4, 0.5) is 0 Å². The fourth-order valence-electron chi connectivity index (χ4n) is 3.53. The van der Waals surface area contributed by atoms with Crippen molar-refractivity contribution in [2.75, 3.05) is 27.2 Å². The zero-order chi connectivity index (χ0) is 22.7. The third kappa shape index (κ3) is 5.17. The fourth-order valence-corrected chi connectivity index (χ4v) is 3.79. The Bertz CT molecular complexity index is 982. The second kappa shape index (κ2) is 9.66. The van der Waals surface area contributed by atoms with Crippen molar-refractivity contribution in [1.82, 2.24) is 9.80 Å². The molecular weight excluding hydrogens is 460 g/mol. The summed E-state index contributed by atoms with van der Waals surface area (Å²) in [5.41, 5.74) is 1.33. The SMILES string of the molecule is CC(C)Oc1ccc(/C(O)=C2\C(=O)C(=O)N(CCN(C)C)[C@H]2c2ccc(Br)cc2)cc1. The summed E-state index contributed by atoms with van der Waals surface area (Å²) in [6, 6.07) is 13.7. The van der Waals surface area contributed by atoms with Crippen molar-refractivity contribution in [3.05, 3.63) is 69.7 Å². The van der Waals surface area contributed by atoms with E-state index in [-0.39, 0.29) is 17.4 Å². The maximum Gasteiger partial charge on any atom is 0.295 e. The number of aliphatic hydroxyl groups excluding tert-OH is 1. The summed E-state index contributed by atoms with van der Waals surface area (Å²) in [7, 11) is 3.82. The molecule has 1 aliphatic heterocycles. The number of nitrogens with zero attached hydrogens (tertiary/aromatic N) is 2. The fraction of sp³-hybridized carbons (Fsp3) is 0.333. The second-order valence-electron chi connectivity index (χ2n) is 8.04. The lowest BCUT2D eigenvalue weighted by molar-refractivity contribution is -0.140. The molecule has 0 spiro atoms. The minimum Gasteiger partial charge on any atom is -0.507 e. The number of likely N-dealkylation sites (N-methyl/N-ethyl adjacent to an activating group) is 1. The van der Waals surface area contributed by atoms with E-state index in [4.69, 9.17) is 4.74 Å². The molecule has 2 aromatic rings. The van der Waals surface area contributed by atoms with Gasteiger partial charge in [0.25, 0.3) is 11.7 Å². The third-order valence-electron chi connectivity index (χ3n) is 5.01. The van der Waals surface area contributed by atoms with Crippen molar-refractivity contribution in [2.45, 2.75) is 26.0 Å². The Morgan fingerprint density at radius 1 is 1.10 bits per heavy atom. The van der Waals surface area contributed by atoms with Crippen molar-refractivity contribution in [3.8, 4) is 5.75 Å². The van der Waals surface area contributed by atoms with Crippen molar-refractivity contribution in [1.29, 1.82) is 0 Å². The van der Waals surface area contributed by atoms with Gasteiger partial charge in [-0.1, -0.05) is 28.1 Å². The first-order chi connectivity index (χ1) is 14.7. The smallest absolute Gasteiger partial charge is 0.295 e. The van der Waals surface area contributed by atoms with E-state index < -0.39 is 17.7 Å². The molecule has 0 aliphatic carbocycles. The maximum absolute atomic E-state index is 13.0. The van der Waals surface area contributed by atoms with E-state index in [9.17, 15) is 14.7 Å². The number of hydrogen-bond donors (Lipinski definition) is 1. The number of ketones is 1. The van der Waals surface area contributed by atoms with Crippen LogP contribution in [0.1, 0.15) is 31.0 Å². The predicted molar refractivity (Wildman–Crippen MR) is 124 cm³/mol. The molecule has 6 nitrogen and oxygen atoms in total. The molecule has 2 aromatic carbocycles. The van der Waals surface area contributed by atoms with E-state index in [1.54, 1.807) is 24.3 Å². The first kappa shape index (κ1) is 23.0. The van der Waals surface area contributed by atoms with Crippen molar-refractivity contribution in [2.24, 2.45) is 0 Å². The highest BCUT2D eigenvalue weighted by atomic mass is 79.9. The average molecular weight is 487 g/mol. The summed E-state index contributed by atoms with van der Waals surface area (Å²) in [6.07, 6.45) is 0.0267. The van der Waals surface area contributed by atoms with E-state index in [1.165, 1.54) is 4.90 Å². The van der Waals surface area contributed by atoms with E-state index in [1.807, 2.05) is 57.1 Å². The molecule has 1 aliphatic rings. The van der Waals surface area contributed by atoms with Crippen LogP contribution in [-0.2, 0) is 9.59 Å². The van der Waals surface area contributed by atoms with Gasteiger partial charge in [0, 0.05) is 23.1 Å². The maximum atomic E-state index is 13.0. The number of rotatable bonds is 7. The summed E-state index contributed by atoms with van der Waals surface area (Å²) < 4.78 is 6.54. The highest BCUT2D eigenvalue weighted by Crippen LogP contribution is 2.39. The molecule has 0 aromatic heterocycles. The standard InChI is InChI=1S/C24H27BrN2O4/c1-15(2)31-19-11-7-17(8-12-19)22(28)20-21(16-5-9-18(25)10-6-16)27(14-13-26(3)4)24(30)23(20)29/h5-12,15,21,28H,13-14H2,1-4H3/b22-20+/t21-/m0/s1. The largest absolute Gasteiger partial charge is 0.507 e. The molecule has 164 valence electrons. The van der Waals surface area contributed by atoms with Crippen molar-refractivity contribution >= 4 is 33.4 Å². The van der Waals surface area contributed by atoms with Gasteiger partial charge in [0.05, 0.1) is 17.7 Å². The molecule has 1 heterocycles. The molecule has 1 saturated heterocycles. The number of Topliss-reactive ketones (excluding diaryl/α,β-unsaturated/α-hetero) is 1. The molecule has 1 fully saturated rings. The van der Waals surface area contributed by atoms with Crippen LogP contribution >= 0.6 is 15.9 Å². The monoisotopic (exact) mass is 486 g/mol. The number of hydrogen-bond acceptors (Lipinski definition) is 5. The van der Waals surface area contributed by atoms with Crippen molar-refractivity contribution in [3.63, 3.8) is 0 Å². The van der Waals surface area contributed by atoms with Crippen LogP contribution in [0.2, 0.25) is 0 Å². The first-order valence-corrected chi connectivity index (χ1v) is 10.9. The molecule has 3 rings (SSSR count). The molecule has 0 bridgehead atoms. The summed E-state index contributed by atoms with van der Waals surface area (Å²) in [4.78, 5) is 29.3. The molecule has 1 atom stereocenters. The molecule has 0 saturated carbocycles. The quantitative estimate of drug-likeness (QED) is 0.360. The van der Waals surface area contributed by atoms with E-state index in [2.05, 4.69) is 15.9 Å². The molecule has 31 heavy (non-hydrogen) atoms. The number of carbonyl (C=O) groups is 2. The number of benzene rings is 2. The van der Waals surface area contributed by atoms with Crippen molar-refractivity contribution < 1.29 is 19.4 Å². The van der Waals surface area contributed by atoms with E-state index in [0.29, 0.717) is 24.4 Å². The molecule has 1 amide bonds. The first-order valence-electron chi connectivity index (χ1n) is 10.1. The predicted octanol–water partition coefficient (Wildman–Crippen LogP) is 4.22. The highest BCUT2D eigenvalue weighted by Gasteiger charge is 2.45. The van der Waals surface area contributed by atoms with Gasteiger partial charge in [-0.3, -0.25) is 9.59 Å². The van der Waals surface area contributed by atoms with Crippen LogP contribution in [0, 0.1) is 0 Å². The van der Waals surface area contributed by atoms with Gasteiger partial charge in [-0.2, -0.15) is 0 Å². The van der Waals surface area contributed by atoms with Gasteiger partial charge in [0.1, 0.15) is 11.5 Å². The second-order valence-corrected chi connectivity index (χ2v) is 8.95. The third-order valence-corrected chi connectivity index (χ3v) is 5.54. The van der Waals surface area contributed by atoms with Crippen LogP contribution in [0.15, 0.2) is 58.6 Å². The van der Waals surface area contributed by atoms with Gasteiger partial charge in [0.15, 0.2) is 0 Å². The Balaban J connectivity index is 2.06. The number of halogens is 1. The van der Waals surface area contributed by atoms with Gasteiger partial charge in [-0.05, 0) is 69.9 Å². The molecule has 1 N–H and O–H groups in total. The normalized spacial score (nSPS) is 18.3. The lowest BCUT2D eigenvalue weighted by atomic mass is 9.95. The van der Waals surface area contributed by atoms with Gasteiger partial charge < -0.3 is 19.6 Å². The average Bonchev–Trinajstić information content (AvgIpc) is 2.97. The number of likely N-dealkylation sites (tertiary alicyclic amines) is 1. The van der Waals surface area contributed by atoms with E-state index in [0.717, 1.165) is 10.0 Å². The van der Waals surface area contributed by atoms with Gasteiger partial charge in [0.2, 0.25) is 0 Å². The Hall–Kier alpha value is -2.64. The highest BCUT2D eigenvalue weighted by molar-refractivity contribution is 9.10. The molecule has 7 heteroatoms. The minimum absolute atomic E-state index is 0.0267. The van der Waals surface area contributed by atoms with Crippen LogP contribution in [0.3, 0.4) is 0 Å². The van der Waals surface area contributed by atoms with Crippen LogP contribution < -0.4 is 4.74 Å². The minimum atomic E-state index is -0.674. The molecule has 0 unspecified atom stereocenters. The number of aliphatic hydroxyl groups is 1. The summed E-state index contributed by atoms with van der Waals surface area (Å²) in [5, 5.41) is 11.1. The Morgan fingerprint density at radius 2 is 1.71 bits per heavy atom. The number of carbonyl (C=O) groups excluding carboxylic acids is 2. The Labute approximate surface area is 191 Å². The van der Waals surface area contributed by atoms with Crippen LogP contribution in [-0.4, -0.2) is 59.9 Å². The Kier molecular flexibility index (Phi) is 7.18. The zero-order valence-electron chi connectivity index (χ0n) is 18.1. The number of ether oxygens (including phenoxy) is 1. The number of amides is 1. The van der Waals surface area contributed by atoms with Gasteiger partial charge >= 0.3 is 0 Å². The molecular formula is C24H27BrN2O4.